The Balaban J connectivity index is 2.05. The lowest BCUT2D eigenvalue weighted by Crippen LogP contribution is -2.65. The Hall–Kier alpha value is -0.130. The van der Waals surface area contributed by atoms with Gasteiger partial charge in [-0.15, -0.1) is 0 Å². The SMILES string of the molecule is CCC1CN(CCS(=O)(=O)CC)C2(CCCCC2)CN1. The number of hydrogen-bond donors (Lipinski definition) is 1. The second kappa shape index (κ2) is 6.75. The zero-order valence-corrected chi connectivity index (χ0v) is 13.8. The van der Waals surface area contributed by atoms with Crippen LogP contribution in [-0.2, 0) is 9.84 Å². The fourth-order valence-electron chi connectivity index (χ4n) is 3.67. The molecule has 2 rings (SSSR count). The minimum Gasteiger partial charge on any atom is -0.311 e. The minimum absolute atomic E-state index is 0.229. The molecule has 1 saturated carbocycles. The number of hydrogen-bond acceptors (Lipinski definition) is 4. The molecule has 2 aliphatic rings. The summed E-state index contributed by atoms with van der Waals surface area (Å²) in [5, 5.41) is 3.68. The molecule has 1 unspecified atom stereocenters. The molecule has 118 valence electrons. The Morgan fingerprint density at radius 3 is 2.50 bits per heavy atom. The van der Waals surface area contributed by atoms with Gasteiger partial charge in [0.2, 0.25) is 0 Å². The first kappa shape index (κ1) is 16.2. The average molecular weight is 302 g/mol. The maximum absolute atomic E-state index is 11.8. The molecule has 1 aliphatic heterocycles. The van der Waals surface area contributed by atoms with Gasteiger partial charge in [-0.25, -0.2) is 8.42 Å². The zero-order chi connectivity index (χ0) is 14.6. The first-order chi connectivity index (χ1) is 9.51. The van der Waals surface area contributed by atoms with Crippen LogP contribution in [-0.4, -0.2) is 56.0 Å². The van der Waals surface area contributed by atoms with Crippen LogP contribution in [0.15, 0.2) is 0 Å². The van der Waals surface area contributed by atoms with Crippen LogP contribution in [0.2, 0.25) is 0 Å². The second-order valence-corrected chi connectivity index (χ2v) is 8.93. The van der Waals surface area contributed by atoms with Gasteiger partial charge < -0.3 is 5.32 Å². The first-order valence-electron chi connectivity index (χ1n) is 8.20. The predicted octanol–water partition coefficient (Wildman–Crippen LogP) is 1.81. The molecule has 2 fully saturated rings. The third kappa shape index (κ3) is 3.74. The highest BCUT2D eigenvalue weighted by Crippen LogP contribution is 2.35. The van der Waals surface area contributed by atoms with E-state index in [1.807, 2.05) is 0 Å². The second-order valence-electron chi connectivity index (χ2n) is 6.45. The third-order valence-electron chi connectivity index (χ3n) is 5.22. The van der Waals surface area contributed by atoms with Crippen LogP contribution in [0.4, 0.5) is 0 Å². The molecule has 0 aromatic rings. The van der Waals surface area contributed by atoms with E-state index >= 15 is 0 Å². The molecule has 1 aliphatic carbocycles. The Labute approximate surface area is 124 Å². The monoisotopic (exact) mass is 302 g/mol. The van der Waals surface area contributed by atoms with Gasteiger partial charge in [0.1, 0.15) is 0 Å². The number of nitrogens with one attached hydrogen (secondary N) is 1. The molecule has 1 atom stereocenters. The van der Waals surface area contributed by atoms with Crippen molar-refractivity contribution < 1.29 is 8.42 Å². The molecule has 0 bridgehead atoms. The van der Waals surface area contributed by atoms with E-state index < -0.39 is 9.84 Å². The number of nitrogens with zero attached hydrogens (tertiary/aromatic N) is 1. The largest absolute Gasteiger partial charge is 0.311 e. The summed E-state index contributed by atoms with van der Waals surface area (Å²) in [6.07, 6.45) is 7.48. The van der Waals surface area contributed by atoms with E-state index in [1.54, 1.807) is 6.92 Å². The lowest BCUT2D eigenvalue weighted by Gasteiger charge is -2.52. The van der Waals surface area contributed by atoms with E-state index in [-0.39, 0.29) is 11.3 Å². The van der Waals surface area contributed by atoms with Gasteiger partial charge >= 0.3 is 0 Å². The van der Waals surface area contributed by atoms with E-state index in [0.29, 0.717) is 18.3 Å². The van der Waals surface area contributed by atoms with E-state index in [9.17, 15) is 8.42 Å². The van der Waals surface area contributed by atoms with Crippen LogP contribution < -0.4 is 5.32 Å². The van der Waals surface area contributed by atoms with Gasteiger partial charge in [0.15, 0.2) is 9.84 Å². The van der Waals surface area contributed by atoms with Crippen molar-refractivity contribution in [3.05, 3.63) is 0 Å². The van der Waals surface area contributed by atoms with Gasteiger partial charge in [-0.2, -0.15) is 0 Å². The summed E-state index contributed by atoms with van der Waals surface area (Å²) < 4.78 is 23.6. The van der Waals surface area contributed by atoms with Gasteiger partial charge in [-0.1, -0.05) is 33.1 Å². The van der Waals surface area contributed by atoms with Crippen LogP contribution >= 0.6 is 0 Å². The van der Waals surface area contributed by atoms with Crippen LogP contribution in [0.3, 0.4) is 0 Å². The van der Waals surface area contributed by atoms with Crippen molar-refractivity contribution in [2.75, 3.05) is 31.1 Å². The zero-order valence-electron chi connectivity index (χ0n) is 13.0. The normalized spacial score (nSPS) is 27.8. The summed E-state index contributed by atoms with van der Waals surface area (Å²) >= 11 is 0. The van der Waals surface area contributed by atoms with Gasteiger partial charge in [0, 0.05) is 37.0 Å². The Kier molecular flexibility index (Phi) is 5.49. The molecule has 1 saturated heterocycles. The van der Waals surface area contributed by atoms with E-state index in [1.165, 1.54) is 32.1 Å². The highest BCUT2D eigenvalue weighted by atomic mass is 32.2. The Morgan fingerprint density at radius 2 is 1.90 bits per heavy atom. The van der Waals surface area contributed by atoms with Crippen molar-refractivity contribution in [1.29, 1.82) is 0 Å². The number of piperazine rings is 1. The average Bonchev–Trinajstić information content (AvgIpc) is 2.47. The smallest absolute Gasteiger partial charge is 0.151 e. The molecule has 4 nitrogen and oxygen atoms in total. The maximum atomic E-state index is 11.8. The standard InChI is InChI=1S/C15H30N2O2S/c1-3-14-12-17(10-11-20(18,19)4-2)15(13-16-14)8-6-5-7-9-15/h14,16H,3-13H2,1-2H3. The molecule has 5 heteroatoms. The highest BCUT2D eigenvalue weighted by molar-refractivity contribution is 7.91. The maximum Gasteiger partial charge on any atom is 0.151 e. The van der Waals surface area contributed by atoms with Gasteiger partial charge in [-0.05, 0) is 19.3 Å². The summed E-state index contributed by atoms with van der Waals surface area (Å²) in [4.78, 5) is 2.50. The molecule has 0 aromatic carbocycles. The van der Waals surface area contributed by atoms with Crippen molar-refractivity contribution in [2.24, 2.45) is 0 Å². The summed E-state index contributed by atoms with van der Waals surface area (Å²) in [6.45, 7) is 6.72. The summed E-state index contributed by atoms with van der Waals surface area (Å²) in [7, 11) is -2.86. The van der Waals surface area contributed by atoms with Gasteiger partial charge in [0.25, 0.3) is 0 Å². The molecule has 0 amide bonds. The van der Waals surface area contributed by atoms with Crippen molar-refractivity contribution in [3.8, 4) is 0 Å². The van der Waals surface area contributed by atoms with Crippen molar-refractivity contribution in [3.63, 3.8) is 0 Å². The van der Waals surface area contributed by atoms with Crippen molar-refractivity contribution in [1.82, 2.24) is 10.2 Å². The fraction of sp³-hybridized carbons (Fsp3) is 1.00. The van der Waals surface area contributed by atoms with Crippen LogP contribution in [0, 0.1) is 0 Å². The number of sulfone groups is 1. The van der Waals surface area contributed by atoms with Crippen LogP contribution in [0.5, 0.6) is 0 Å². The Bertz CT molecular complexity index is 402. The summed E-state index contributed by atoms with van der Waals surface area (Å²) in [5.74, 6) is 0.588. The Morgan fingerprint density at radius 1 is 1.20 bits per heavy atom. The first-order valence-corrected chi connectivity index (χ1v) is 10.0. The van der Waals surface area contributed by atoms with Crippen molar-refractivity contribution in [2.45, 2.75) is 64.0 Å². The molecular formula is C15H30N2O2S. The summed E-state index contributed by atoms with van der Waals surface area (Å²) in [5.41, 5.74) is 0.229. The van der Waals surface area contributed by atoms with Gasteiger partial charge in [-0.3, -0.25) is 4.90 Å². The van der Waals surface area contributed by atoms with Gasteiger partial charge in [0.05, 0.1) is 5.75 Å². The van der Waals surface area contributed by atoms with Crippen LogP contribution in [0.25, 0.3) is 0 Å². The molecule has 0 aromatic heterocycles. The van der Waals surface area contributed by atoms with E-state index in [0.717, 1.165) is 19.5 Å². The topological polar surface area (TPSA) is 49.4 Å². The quantitative estimate of drug-likeness (QED) is 0.841. The molecule has 20 heavy (non-hydrogen) atoms. The summed E-state index contributed by atoms with van der Waals surface area (Å²) in [6, 6.07) is 0.520. The van der Waals surface area contributed by atoms with Crippen molar-refractivity contribution >= 4 is 9.84 Å². The highest BCUT2D eigenvalue weighted by Gasteiger charge is 2.41. The lowest BCUT2D eigenvalue weighted by atomic mass is 9.78. The molecule has 1 spiro atoms. The molecule has 1 N–H and O–H groups in total. The minimum atomic E-state index is -2.86. The fourth-order valence-corrected chi connectivity index (χ4v) is 4.46. The molecular weight excluding hydrogens is 272 g/mol. The third-order valence-corrected chi connectivity index (χ3v) is 6.90. The molecule has 1 heterocycles. The van der Waals surface area contributed by atoms with Crippen LogP contribution in [0.1, 0.15) is 52.4 Å². The molecule has 0 radical (unpaired) electrons. The van der Waals surface area contributed by atoms with E-state index in [2.05, 4.69) is 17.1 Å². The number of rotatable bonds is 5. The van der Waals surface area contributed by atoms with E-state index in [4.69, 9.17) is 0 Å². The lowest BCUT2D eigenvalue weighted by molar-refractivity contribution is 0.0142. The predicted molar refractivity (Wildman–Crippen MR) is 83.8 cm³/mol.